The molecule has 1 heterocycles. The van der Waals surface area contributed by atoms with E-state index in [0.717, 1.165) is 24.6 Å². The van der Waals surface area contributed by atoms with Crippen LogP contribution in [0.3, 0.4) is 0 Å². The van der Waals surface area contributed by atoms with Gasteiger partial charge >= 0.3 is 0 Å². The number of para-hydroxylation sites is 1. The molecule has 0 aromatic heterocycles. The molecular weight excluding hydrogens is 260 g/mol. The van der Waals surface area contributed by atoms with E-state index < -0.39 is 0 Å². The third-order valence-corrected chi connectivity index (χ3v) is 5.35. The summed E-state index contributed by atoms with van der Waals surface area (Å²) < 4.78 is 0. The lowest BCUT2D eigenvalue weighted by Crippen LogP contribution is -2.45. The molecular formula is C18H24N2O. The lowest BCUT2D eigenvalue weighted by atomic mass is 10.1. The summed E-state index contributed by atoms with van der Waals surface area (Å²) >= 11 is 0. The third-order valence-electron chi connectivity index (χ3n) is 5.35. The molecule has 1 aliphatic heterocycles. The van der Waals surface area contributed by atoms with Gasteiger partial charge in [-0.1, -0.05) is 18.2 Å². The maximum absolute atomic E-state index is 12.8. The van der Waals surface area contributed by atoms with E-state index in [9.17, 15) is 4.79 Å². The van der Waals surface area contributed by atoms with Gasteiger partial charge in [-0.25, -0.2) is 0 Å². The summed E-state index contributed by atoms with van der Waals surface area (Å²) in [6, 6.07) is 9.59. The minimum Gasteiger partial charge on any atom is -0.311 e. The standard InChI is InChI=1S/C18H24N2O/c1-13(14-6-7-14)20(16-8-9-16)12-18(21)19-11-10-15-4-2-3-5-17(15)19/h2-5,13-14,16H,6-12H2,1H3/t13-/m0/s1. The highest BCUT2D eigenvalue weighted by Gasteiger charge is 2.40. The first kappa shape index (κ1) is 13.3. The molecule has 1 aromatic rings. The zero-order valence-corrected chi connectivity index (χ0v) is 12.8. The molecule has 0 spiro atoms. The number of hydrogen-bond donors (Lipinski definition) is 0. The second-order valence-corrected chi connectivity index (χ2v) is 6.91. The zero-order valence-electron chi connectivity index (χ0n) is 12.8. The van der Waals surface area contributed by atoms with Crippen molar-refractivity contribution in [3.05, 3.63) is 29.8 Å². The SMILES string of the molecule is C[C@@H](C1CC1)N(CC(=O)N1CCc2ccccc21)C1CC1. The molecule has 3 heteroatoms. The highest BCUT2D eigenvalue weighted by molar-refractivity contribution is 5.96. The second kappa shape index (κ2) is 5.13. The van der Waals surface area contributed by atoms with Gasteiger partial charge < -0.3 is 4.90 Å². The number of anilines is 1. The number of carbonyl (C=O) groups is 1. The lowest BCUT2D eigenvalue weighted by Gasteiger charge is -2.30. The summed E-state index contributed by atoms with van der Waals surface area (Å²) in [6.07, 6.45) is 6.27. The molecule has 0 radical (unpaired) electrons. The molecule has 3 aliphatic rings. The van der Waals surface area contributed by atoms with Crippen molar-refractivity contribution < 1.29 is 4.79 Å². The van der Waals surface area contributed by atoms with Gasteiger partial charge in [-0.3, -0.25) is 9.69 Å². The van der Waals surface area contributed by atoms with Gasteiger partial charge in [-0.05, 0) is 56.6 Å². The van der Waals surface area contributed by atoms with E-state index in [-0.39, 0.29) is 0 Å². The molecule has 2 fully saturated rings. The van der Waals surface area contributed by atoms with E-state index in [2.05, 4.69) is 30.0 Å². The monoisotopic (exact) mass is 284 g/mol. The smallest absolute Gasteiger partial charge is 0.241 e. The number of amides is 1. The predicted octanol–water partition coefficient (Wildman–Crippen LogP) is 2.84. The average Bonchev–Trinajstić information content (AvgIpc) is 3.39. The summed E-state index contributed by atoms with van der Waals surface area (Å²) in [5.74, 6) is 1.13. The molecule has 2 aliphatic carbocycles. The average molecular weight is 284 g/mol. The summed E-state index contributed by atoms with van der Waals surface area (Å²) in [7, 11) is 0. The molecule has 21 heavy (non-hydrogen) atoms. The largest absolute Gasteiger partial charge is 0.311 e. The van der Waals surface area contributed by atoms with Crippen LogP contribution in [0.15, 0.2) is 24.3 Å². The summed E-state index contributed by atoms with van der Waals surface area (Å²) in [5.41, 5.74) is 2.45. The molecule has 0 N–H and O–H groups in total. The van der Waals surface area contributed by atoms with Crippen molar-refractivity contribution in [2.24, 2.45) is 5.92 Å². The first-order valence-electron chi connectivity index (χ1n) is 8.38. The quantitative estimate of drug-likeness (QED) is 0.830. The van der Waals surface area contributed by atoms with E-state index >= 15 is 0 Å². The van der Waals surface area contributed by atoms with Crippen LogP contribution in [0.5, 0.6) is 0 Å². The molecule has 1 amide bonds. The zero-order chi connectivity index (χ0) is 14.4. The summed E-state index contributed by atoms with van der Waals surface area (Å²) in [5, 5.41) is 0. The fourth-order valence-corrected chi connectivity index (χ4v) is 3.70. The van der Waals surface area contributed by atoms with Gasteiger partial charge in [0.2, 0.25) is 5.91 Å². The Balaban J connectivity index is 1.47. The van der Waals surface area contributed by atoms with Crippen molar-refractivity contribution in [2.45, 2.75) is 51.1 Å². The van der Waals surface area contributed by atoms with Gasteiger partial charge in [-0.2, -0.15) is 0 Å². The van der Waals surface area contributed by atoms with Gasteiger partial charge in [-0.15, -0.1) is 0 Å². The highest BCUT2D eigenvalue weighted by Crippen LogP contribution is 2.39. The molecule has 3 nitrogen and oxygen atoms in total. The van der Waals surface area contributed by atoms with E-state index in [0.29, 0.717) is 24.5 Å². The van der Waals surface area contributed by atoms with Crippen LogP contribution in [-0.4, -0.2) is 36.0 Å². The second-order valence-electron chi connectivity index (χ2n) is 6.91. The van der Waals surface area contributed by atoms with Crippen molar-refractivity contribution >= 4 is 11.6 Å². The van der Waals surface area contributed by atoms with Gasteiger partial charge in [0, 0.05) is 24.3 Å². The first-order chi connectivity index (χ1) is 10.2. The van der Waals surface area contributed by atoms with E-state index in [1.807, 2.05) is 11.0 Å². The molecule has 1 atom stereocenters. The van der Waals surface area contributed by atoms with Gasteiger partial charge in [0.25, 0.3) is 0 Å². The molecule has 112 valence electrons. The number of hydrogen-bond acceptors (Lipinski definition) is 2. The van der Waals surface area contributed by atoms with Gasteiger partial charge in [0.15, 0.2) is 0 Å². The minimum absolute atomic E-state index is 0.291. The Morgan fingerprint density at radius 2 is 2.05 bits per heavy atom. The van der Waals surface area contributed by atoms with E-state index in [1.165, 1.54) is 31.2 Å². The molecule has 0 unspecified atom stereocenters. The summed E-state index contributed by atoms with van der Waals surface area (Å²) in [4.78, 5) is 17.3. The maximum atomic E-state index is 12.8. The Bertz CT molecular complexity index is 548. The number of benzene rings is 1. The lowest BCUT2D eigenvalue weighted by molar-refractivity contribution is -0.120. The van der Waals surface area contributed by atoms with Crippen molar-refractivity contribution in [2.75, 3.05) is 18.0 Å². The maximum Gasteiger partial charge on any atom is 0.241 e. The number of fused-ring (bicyclic) bond motifs is 1. The number of nitrogens with zero attached hydrogens (tertiary/aromatic N) is 2. The van der Waals surface area contributed by atoms with Gasteiger partial charge in [0.05, 0.1) is 6.54 Å². The van der Waals surface area contributed by atoms with Crippen LogP contribution in [0.25, 0.3) is 0 Å². The van der Waals surface area contributed by atoms with Crippen LogP contribution in [0.1, 0.15) is 38.2 Å². The van der Waals surface area contributed by atoms with E-state index in [1.54, 1.807) is 0 Å². The van der Waals surface area contributed by atoms with Crippen molar-refractivity contribution in [1.82, 2.24) is 4.90 Å². The first-order valence-corrected chi connectivity index (χ1v) is 8.38. The molecule has 1 aromatic carbocycles. The Kier molecular flexibility index (Phi) is 3.26. The molecule has 2 saturated carbocycles. The van der Waals surface area contributed by atoms with Crippen LogP contribution >= 0.6 is 0 Å². The van der Waals surface area contributed by atoms with Crippen molar-refractivity contribution in [3.8, 4) is 0 Å². The topological polar surface area (TPSA) is 23.6 Å². The van der Waals surface area contributed by atoms with Crippen molar-refractivity contribution in [1.29, 1.82) is 0 Å². The van der Waals surface area contributed by atoms with Crippen LogP contribution in [0.4, 0.5) is 5.69 Å². The third kappa shape index (κ3) is 2.59. The van der Waals surface area contributed by atoms with Crippen LogP contribution in [-0.2, 0) is 11.2 Å². The Hall–Kier alpha value is -1.35. The van der Waals surface area contributed by atoms with E-state index in [4.69, 9.17) is 0 Å². The fraction of sp³-hybridized carbons (Fsp3) is 0.611. The fourth-order valence-electron chi connectivity index (χ4n) is 3.70. The molecule has 0 bridgehead atoms. The minimum atomic E-state index is 0.291. The van der Waals surface area contributed by atoms with Crippen molar-refractivity contribution in [3.63, 3.8) is 0 Å². The Morgan fingerprint density at radius 3 is 2.76 bits per heavy atom. The van der Waals surface area contributed by atoms with Crippen LogP contribution < -0.4 is 4.90 Å². The number of carbonyl (C=O) groups excluding carboxylic acids is 1. The Labute approximate surface area is 126 Å². The van der Waals surface area contributed by atoms with Crippen LogP contribution in [0.2, 0.25) is 0 Å². The Morgan fingerprint density at radius 1 is 1.29 bits per heavy atom. The van der Waals surface area contributed by atoms with Gasteiger partial charge in [0.1, 0.15) is 0 Å². The summed E-state index contributed by atoms with van der Waals surface area (Å²) in [6.45, 7) is 3.78. The molecule has 4 rings (SSSR count). The number of rotatable bonds is 5. The van der Waals surface area contributed by atoms with Crippen LogP contribution in [0, 0.1) is 5.92 Å². The predicted molar refractivity (Wildman–Crippen MR) is 84.4 cm³/mol. The normalized spacial score (nSPS) is 22.5. The highest BCUT2D eigenvalue weighted by atomic mass is 16.2. The molecule has 0 saturated heterocycles.